The van der Waals surface area contributed by atoms with Gasteiger partial charge in [0.2, 0.25) is 0 Å². The first-order valence-corrected chi connectivity index (χ1v) is 9.81. The third-order valence-electron chi connectivity index (χ3n) is 5.61. The van der Waals surface area contributed by atoms with Crippen LogP contribution in [0.15, 0.2) is 48.5 Å². The zero-order valence-corrected chi connectivity index (χ0v) is 16.7. The van der Waals surface area contributed by atoms with E-state index in [1.165, 1.54) is 31.2 Å². The van der Waals surface area contributed by atoms with Gasteiger partial charge in [-0.25, -0.2) is 14.5 Å². The van der Waals surface area contributed by atoms with Crippen LogP contribution in [0.1, 0.15) is 28.4 Å². The summed E-state index contributed by atoms with van der Waals surface area (Å²) in [4.78, 5) is 52.0. The average molecular weight is 423 g/mol. The van der Waals surface area contributed by atoms with Crippen LogP contribution >= 0.6 is 0 Å². The molecular weight excluding hydrogens is 402 g/mol. The maximum Gasteiger partial charge on any atom is 0.332 e. The molecule has 4 amide bonds. The van der Waals surface area contributed by atoms with Crippen LogP contribution < -0.4 is 10.2 Å². The molecule has 9 heteroatoms. The summed E-state index contributed by atoms with van der Waals surface area (Å²) in [7, 11) is 0. The second-order valence-electron chi connectivity index (χ2n) is 7.65. The molecule has 3 N–H and O–H groups in total. The number of nitrogens with one attached hydrogen (secondary N) is 1. The molecule has 1 unspecified atom stereocenters. The molecule has 2 heterocycles. The second kappa shape index (κ2) is 7.84. The lowest BCUT2D eigenvalue weighted by Crippen LogP contribution is -2.47. The SMILES string of the molecule is CC(O)[C@H](NC(=O)c1ccc(N2C(=O)[C@@H]3Cc4ccccc4CN3C2=O)cc1)C(=O)O. The molecule has 0 aromatic heterocycles. The van der Waals surface area contributed by atoms with Gasteiger partial charge in [0, 0.05) is 18.5 Å². The van der Waals surface area contributed by atoms with Crippen LogP contribution in [0.2, 0.25) is 0 Å². The number of aliphatic hydroxyl groups is 1. The molecular formula is C22H21N3O6. The predicted octanol–water partition coefficient (Wildman–Crippen LogP) is 1.14. The minimum atomic E-state index is -1.45. The zero-order chi connectivity index (χ0) is 22.3. The van der Waals surface area contributed by atoms with Gasteiger partial charge >= 0.3 is 12.0 Å². The van der Waals surface area contributed by atoms with Crippen LogP contribution in [-0.2, 0) is 22.6 Å². The van der Waals surface area contributed by atoms with Gasteiger partial charge in [-0.3, -0.25) is 9.59 Å². The van der Waals surface area contributed by atoms with Gasteiger partial charge in [0.15, 0.2) is 6.04 Å². The minimum absolute atomic E-state index is 0.139. The Morgan fingerprint density at radius 3 is 2.32 bits per heavy atom. The summed E-state index contributed by atoms with van der Waals surface area (Å²) in [6.07, 6.45) is -0.824. The molecule has 4 rings (SSSR count). The Kier molecular flexibility index (Phi) is 5.20. The number of anilines is 1. The quantitative estimate of drug-likeness (QED) is 0.619. The van der Waals surface area contributed by atoms with Crippen LogP contribution in [0.5, 0.6) is 0 Å². The normalized spacial score (nSPS) is 19.5. The summed E-state index contributed by atoms with van der Waals surface area (Å²) < 4.78 is 0. The van der Waals surface area contributed by atoms with Crippen molar-refractivity contribution in [2.24, 2.45) is 0 Å². The Balaban J connectivity index is 1.52. The summed E-state index contributed by atoms with van der Waals surface area (Å²) >= 11 is 0. The Morgan fingerprint density at radius 1 is 1.06 bits per heavy atom. The van der Waals surface area contributed by atoms with Gasteiger partial charge in [-0.05, 0) is 42.3 Å². The van der Waals surface area contributed by atoms with Crippen LogP contribution in [0.4, 0.5) is 10.5 Å². The van der Waals surface area contributed by atoms with E-state index in [1.807, 2.05) is 24.3 Å². The molecule has 0 aliphatic carbocycles. The number of carbonyl (C=O) groups is 4. The van der Waals surface area contributed by atoms with Crippen LogP contribution in [-0.4, -0.2) is 57.1 Å². The van der Waals surface area contributed by atoms with Gasteiger partial charge in [0.05, 0.1) is 11.8 Å². The van der Waals surface area contributed by atoms with Crippen LogP contribution in [0.3, 0.4) is 0 Å². The smallest absolute Gasteiger partial charge is 0.332 e. The van der Waals surface area contributed by atoms with Crippen molar-refractivity contribution in [3.63, 3.8) is 0 Å². The van der Waals surface area contributed by atoms with E-state index < -0.39 is 36.1 Å². The largest absolute Gasteiger partial charge is 0.480 e. The number of carboxylic acid groups (broad SMARTS) is 1. The third-order valence-corrected chi connectivity index (χ3v) is 5.61. The summed E-state index contributed by atoms with van der Waals surface area (Å²) in [6, 6.07) is 11.0. The Hall–Kier alpha value is -3.72. The molecule has 2 aromatic carbocycles. The van der Waals surface area contributed by atoms with E-state index in [2.05, 4.69) is 5.32 Å². The number of benzene rings is 2. The number of hydrogen-bond donors (Lipinski definition) is 3. The molecule has 160 valence electrons. The molecule has 9 nitrogen and oxygen atoms in total. The highest BCUT2D eigenvalue weighted by Gasteiger charge is 2.47. The van der Waals surface area contributed by atoms with E-state index in [0.29, 0.717) is 18.7 Å². The number of carbonyl (C=O) groups excluding carboxylic acids is 3. The van der Waals surface area contributed by atoms with Gasteiger partial charge in [-0.15, -0.1) is 0 Å². The molecule has 0 bridgehead atoms. The number of aliphatic hydroxyl groups excluding tert-OH is 1. The molecule has 2 aliphatic rings. The number of imide groups is 1. The van der Waals surface area contributed by atoms with Gasteiger partial charge in [-0.1, -0.05) is 24.3 Å². The Bertz CT molecular complexity index is 1020. The van der Waals surface area contributed by atoms with E-state index in [-0.39, 0.29) is 11.5 Å². The molecule has 0 radical (unpaired) electrons. The second-order valence-corrected chi connectivity index (χ2v) is 7.65. The molecule has 1 saturated heterocycles. The topological polar surface area (TPSA) is 127 Å². The van der Waals surface area contributed by atoms with E-state index in [4.69, 9.17) is 5.11 Å². The van der Waals surface area contributed by atoms with Crippen molar-refractivity contribution in [2.45, 2.75) is 38.1 Å². The maximum atomic E-state index is 13.0. The highest BCUT2D eigenvalue weighted by Crippen LogP contribution is 2.32. The molecule has 0 spiro atoms. The third kappa shape index (κ3) is 3.64. The highest BCUT2D eigenvalue weighted by atomic mass is 16.4. The molecule has 1 fully saturated rings. The predicted molar refractivity (Wildman–Crippen MR) is 109 cm³/mol. The highest BCUT2D eigenvalue weighted by molar-refractivity contribution is 6.21. The lowest BCUT2D eigenvalue weighted by molar-refractivity contribution is -0.141. The number of amides is 4. The maximum absolute atomic E-state index is 13.0. The summed E-state index contributed by atoms with van der Waals surface area (Å²) in [5.41, 5.74) is 2.53. The monoisotopic (exact) mass is 423 g/mol. The fourth-order valence-electron chi connectivity index (χ4n) is 3.93. The van der Waals surface area contributed by atoms with E-state index in [0.717, 1.165) is 16.0 Å². The van der Waals surface area contributed by atoms with Crippen molar-refractivity contribution in [3.05, 3.63) is 65.2 Å². The van der Waals surface area contributed by atoms with Crippen molar-refractivity contribution in [1.29, 1.82) is 0 Å². The van der Waals surface area contributed by atoms with Gasteiger partial charge in [0.25, 0.3) is 11.8 Å². The van der Waals surface area contributed by atoms with Crippen molar-refractivity contribution in [3.8, 4) is 0 Å². The molecule has 2 aromatic rings. The lowest BCUT2D eigenvalue weighted by atomic mass is 9.95. The minimum Gasteiger partial charge on any atom is -0.480 e. The van der Waals surface area contributed by atoms with Crippen LogP contribution in [0, 0.1) is 0 Å². The average Bonchev–Trinajstić information content (AvgIpc) is 2.99. The number of nitrogens with zero attached hydrogens (tertiary/aromatic N) is 2. The van der Waals surface area contributed by atoms with Crippen molar-refractivity contribution in [2.75, 3.05) is 4.90 Å². The van der Waals surface area contributed by atoms with Crippen molar-refractivity contribution in [1.82, 2.24) is 10.2 Å². The molecule has 2 aliphatic heterocycles. The number of aliphatic carboxylic acids is 1. The fourth-order valence-corrected chi connectivity index (χ4v) is 3.93. The standard InChI is InChI=1S/C22H21N3O6/c1-12(26)18(21(29)30)23-19(27)13-6-8-16(9-7-13)25-20(28)17-10-14-4-2-3-5-15(14)11-24(17)22(25)31/h2-9,12,17-18,26H,10-11H2,1H3,(H,23,27)(H,29,30)/t12?,17-,18-/m0/s1. The Morgan fingerprint density at radius 2 is 1.71 bits per heavy atom. The van der Waals surface area contributed by atoms with Crippen molar-refractivity contribution >= 4 is 29.5 Å². The number of fused-ring (bicyclic) bond motifs is 2. The van der Waals surface area contributed by atoms with E-state index in [1.54, 1.807) is 4.90 Å². The number of urea groups is 1. The van der Waals surface area contributed by atoms with E-state index in [9.17, 15) is 24.3 Å². The first-order chi connectivity index (χ1) is 14.8. The first-order valence-electron chi connectivity index (χ1n) is 9.81. The molecule has 3 atom stereocenters. The zero-order valence-electron chi connectivity index (χ0n) is 16.7. The van der Waals surface area contributed by atoms with Gasteiger partial charge in [0.1, 0.15) is 6.04 Å². The Labute approximate surface area is 177 Å². The summed E-state index contributed by atoms with van der Waals surface area (Å²) in [5, 5.41) is 20.8. The molecule has 0 saturated carbocycles. The fraction of sp³-hybridized carbons (Fsp3) is 0.273. The summed E-state index contributed by atoms with van der Waals surface area (Å²) in [6.45, 7) is 1.62. The number of hydrogen-bond acceptors (Lipinski definition) is 5. The number of rotatable bonds is 5. The van der Waals surface area contributed by atoms with Gasteiger partial charge in [-0.2, -0.15) is 0 Å². The number of carboxylic acids is 1. The van der Waals surface area contributed by atoms with Gasteiger partial charge < -0.3 is 20.4 Å². The van der Waals surface area contributed by atoms with E-state index >= 15 is 0 Å². The van der Waals surface area contributed by atoms with Crippen LogP contribution in [0.25, 0.3) is 0 Å². The van der Waals surface area contributed by atoms with Crippen molar-refractivity contribution < 1.29 is 29.4 Å². The summed E-state index contributed by atoms with van der Waals surface area (Å²) in [5.74, 6) is -2.37. The molecule has 31 heavy (non-hydrogen) atoms. The first kappa shape index (κ1) is 20.5. The lowest BCUT2D eigenvalue weighted by Gasteiger charge is -2.28.